The molecule has 4 aromatic rings. The van der Waals surface area contributed by atoms with Crippen molar-refractivity contribution in [3.8, 4) is 11.3 Å². The van der Waals surface area contributed by atoms with Crippen molar-refractivity contribution < 1.29 is 13.5 Å². The molecule has 0 amide bonds. The first kappa shape index (κ1) is 22.1. The summed E-state index contributed by atoms with van der Waals surface area (Å²) in [6.07, 6.45) is 3.06. The smallest absolute Gasteiger partial charge is 0.229 e. The monoisotopic (exact) mass is 465 g/mol. The second-order valence-electron chi connectivity index (χ2n) is 8.63. The molecule has 3 aromatic heterocycles. The number of halogens is 2. The summed E-state index contributed by atoms with van der Waals surface area (Å²) < 4.78 is 36.8. The van der Waals surface area contributed by atoms with Crippen molar-refractivity contribution >= 4 is 28.5 Å². The van der Waals surface area contributed by atoms with Crippen LogP contribution in [0.5, 0.6) is 0 Å². The van der Waals surface area contributed by atoms with E-state index in [0.717, 1.165) is 25.0 Å². The largest absolute Gasteiger partial charge is 0.378 e. The Kier molecular flexibility index (Phi) is 5.60. The molecule has 10 heteroatoms. The lowest BCUT2D eigenvalue weighted by Gasteiger charge is -2.39. The predicted octanol–water partition coefficient (Wildman–Crippen LogP) is 4.63. The van der Waals surface area contributed by atoms with Crippen LogP contribution >= 0.6 is 0 Å². The van der Waals surface area contributed by atoms with E-state index in [0.29, 0.717) is 22.7 Å². The SMILES string of the molecule is COC1CN(c2ccc(Nc3ncc(F)c(-c4cc(F)c5nc(C)n(C(C)C)c5c4)n3)nc2)C1. The summed E-state index contributed by atoms with van der Waals surface area (Å²) in [5, 5.41) is 2.99. The number of hydrogen-bond acceptors (Lipinski definition) is 7. The van der Waals surface area contributed by atoms with Gasteiger partial charge in [0.15, 0.2) is 11.6 Å². The van der Waals surface area contributed by atoms with Crippen molar-refractivity contribution in [3.05, 3.63) is 54.1 Å². The maximum Gasteiger partial charge on any atom is 0.229 e. The second kappa shape index (κ2) is 8.60. The molecule has 34 heavy (non-hydrogen) atoms. The fraction of sp³-hybridized carbons (Fsp3) is 0.333. The van der Waals surface area contributed by atoms with Gasteiger partial charge in [-0.15, -0.1) is 0 Å². The fourth-order valence-corrected chi connectivity index (χ4v) is 4.25. The number of aromatic nitrogens is 5. The van der Waals surface area contributed by atoms with Gasteiger partial charge in [0.25, 0.3) is 0 Å². The van der Waals surface area contributed by atoms with Crippen molar-refractivity contribution in [2.24, 2.45) is 0 Å². The molecule has 1 aromatic carbocycles. The maximum atomic E-state index is 14.9. The van der Waals surface area contributed by atoms with Gasteiger partial charge in [-0.25, -0.2) is 28.7 Å². The van der Waals surface area contributed by atoms with E-state index in [1.807, 2.05) is 31.4 Å². The number of methoxy groups -OCH3 is 1. The normalized spacial score (nSPS) is 14.1. The minimum absolute atomic E-state index is 0.00438. The van der Waals surface area contributed by atoms with Gasteiger partial charge >= 0.3 is 0 Å². The molecule has 8 nitrogen and oxygen atoms in total. The summed E-state index contributed by atoms with van der Waals surface area (Å²) in [6.45, 7) is 7.45. The average Bonchev–Trinajstić information content (AvgIpc) is 3.12. The third-order valence-electron chi connectivity index (χ3n) is 5.99. The van der Waals surface area contributed by atoms with Crippen LogP contribution < -0.4 is 10.2 Å². The van der Waals surface area contributed by atoms with Crippen LogP contribution in [-0.2, 0) is 4.74 Å². The topological polar surface area (TPSA) is 81.0 Å². The highest BCUT2D eigenvalue weighted by atomic mass is 19.1. The van der Waals surface area contributed by atoms with Crippen LogP contribution in [0.2, 0.25) is 0 Å². The first-order chi connectivity index (χ1) is 16.3. The molecule has 0 aliphatic carbocycles. The van der Waals surface area contributed by atoms with Gasteiger partial charge in [-0.1, -0.05) is 0 Å². The summed E-state index contributed by atoms with van der Waals surface area (Å²) in [4.78, 5) is 19.2. The first-order valence-electron chi connectivity index (χ1n) is 11.1. The Labute approximate surface area is 195 Å². The standard InChI is InChI=1S/C24H25F2N7O/c1-13(2)33-14(3)29-23-18(25)7-15(8-20(23)33)22-19(26)10-28-24(31-22)30-21-6-5-16(9-27-21)32-11-17(12-32)34-4/h5-10,13,17H,11-12H2,1-4H3,(H,27,28,30,31). The number of imidazole rings is 1. The zero-order valence-corrected chi connectivity index (χ0v) is 19.4. The van der Waals surface area contributed by atoms with E-state index < -0.39 is 11.6 Å². The van der Waals surface area contributed by atoms with E-state index in [4.69, 9.17) is 4.74 Å². The summed E-state index contributed by atoms with van der Waals surface area (Å²) in [7, 11) is 1.70. The van der Waals surface area contributed by atoms with E-state index in [-0.39, 0.29) is 29.3 Å². The molecule has 0 saturated carbocycles. The Morgan fingerprint density at radius 2 is 1.85 bits per heavy atom. The number of fused-ring (bicyclic) bond motifs is 1. The van der Waals surface area contributed by atoms with E-state index in [1.165, 1.54) is 6.07 Å². The van der Waals surface area contributed by atoms with E-state index >= 15 is 0 Å². The number of hydrogen-bond donors (Lipinski definition) is 1. The molecule has 0 spiro atoms. The molecule has 0 radical (unpaired) electrons. The molecule has 0 atom stereocenters. The number of aryl methyl sites for hydroxylation is 1. The Balaban J connectivity index is 1.43. The zero-order chi connectivity index (χ0) is 24.0. The molecule has 1 aliphatic rings. The molecule has 1 N–H and O–H groups in total. The van der Waals surface area contributed by atoms with Gasteiger partial charge in [0.05, 0.1) is 29.7 Å². The zero-order valence-electron chi connectivity index (χ0n) is 19.4. The highest BCUT2D eigenvalue weighted by Crippen LogP contribution is 2.30. The van der Waals surface area contributed by atoms with Gasteiger partial charge in [-0.2, -0.15) is 0 Å². The highest BCUT2D eigenvalue weighted by molar-refractivity contribution is 5.83. The fourth-order valence-electron chi connectivity index (χ4n) is 4.25. The summed E-state index contributed by atoms with van der Waals surface area (Å²) in [5.74, 6) is 0.193. The third-order valence-corrected chi connectivity index (χ3v) is 5.99. The summed E-state index contributed by atoms with van der Waals surface area (Å²) >= 11 is 0. The Hall–Kier alpha value is -3.66. The van der Waals surface area contributed by atoms with Crippen LogP contribution in [0.4, 0.5) is 26.2 Å². The van der Waals surface area contributed by atoms with Crippen molar-refractivity contribution in [3.63, 3.8) is 0 Å². The molecular formula is C24H25F2N7O. The van der Waals surface area contributed by atoms with Crippen LogP contribution in [0, 0.1) is 18.6 Å². The number of pyridine rings is 1. The van der Waals surface area contributed by atoms with Gasteiger partial charge in [0.2, 0.25) is 5.95 Å². The predicted molar refractivity (Wildman–Crippen MR) is 126 cm³/mol. The molecule has 5 rings (SSSR count). The molecule has 176 valence electrons. The minimum Gasteiger partial charge on any atom is -0.378 e. The van der Waals surface area contributed by atoms with Crippen LogP contribution in [0.1, 0.15) is 25.7 Å². The van der Waals surface area contributed by atoms with Crippen molar-refractivity contribution in [1.82, 2.24) is 24.5 Å². The molecule has 1 aliphatic heterocycles. The number of rotatable bonds is 6. The number of nitrogens with zero attached hydrogens (tertiary/aromatic N) is 6. The maximum absolute atomic E-state index is 14.9. The quantitative estimate of drug-likeness (QED) is 0.445. The lowest BCUT2D eigenvalue weighted by atomic mass is 10.1. The molecule has 4 heterocycles. The summed E-state index contributed by atoms with van der Waals surface area (Å²) in [5.41, 5.74) is 2.14. The minimum atomic E-state index is -0.648. The van der Waals surface area contributed by atoms with Crippen LogP contribution in [0.3, 0.4) is 0 Å². The van der Waals surface area contributed by atoms with E-state index in [9.17, 15) is 8.78 Å². The van der Waals surface area contributed by atoms with Crippen molar-refractivity contribution in [2.75, 3.05) is 30.4 Å². The highest BCUT2D eigenvalue weighted by Gasteiger charge is 2.26. The summed E-state index contributed by atoms with van der Waals surface area (Å²) in [6, 6.07) is 6.77. The molecule has 1 fully saturated rings. The molecule has 1 saturated heterocycles. The van der Waals surface area contributed by atoms with Crippen LogP contribution in [0.25, 0.3) is 22.3 Å². The van der Waals surface area contributed by atoms with Crippen LogP contribution in [0.15, 0.2) is 36.7 Å². The lowest BCUT2D eigenvalue weighted by Crippen LogP contribution is -2.51. The molecule has 0 unspecified atom stereocenters. The van der Waals surface area contributed by atoms with Crippen molar-refractivity contribution in [2.45, 2.75) is 32.9 Å². The van der Waals surface area contributed by atoms with Gasteiger partial charge in [-0.3, -0.25) is 0 Å². The van der Waals surface area contributed by atoms with Gasteiger partial charge < -0.3 is 19.5 Å². The average molecular weight is 466 g/mol. The van der Waals surface area contributed by atoms with Gasteiger partial charge in [-0.05, 0) is 45.0 Å². The number of benzene rings is 1. The second-order valence-corrected chi connectivity index (χ2v) is 8.63. The number of ether oxygens (including phenoxy) is 1. The molecule has 0 bridgehead atoms. The van der Waals surface area contributed by atoms with Crippen LogP contribution in [-0.4, -0.2) is 50.8 Å². The Bertz CT molecular complexity index is 1350. The third kappa shape index (κ3) is 3.94. The lowest BCUT2D eigenvalue weighted by molar-refractivity contribution is 0.0787. The number of nitrogens with one attached hydrogen (secondary N) is 1. The Morgan fingerprint density at radius 1 is 1.06 bits per heavy atom. The van der Waals surface area contributed by atoms with Gasteiger partial charge in [0.1, 0.15) is 22.9 Å². The van der Waals surface area contributed by atoms with Gasteiger partial charge in [0, 0.05) is 31.8 Å². The van der Waals surface area contributed by atoms with E-state index in [1.54, 1.807) is 25.4 Å². The van der Waals surface area contributed by atoms with E-state index in [2.05, 4.69) is 30.2 Å². The van der Waals surface area contributed by atoms with Crippen molar-refractivity contribution in [1.29, 1.82) is 0 Å². The molecular weight excluding hydrogens is 440 g/mol. The number of anilines is 3. The Morgan fingerprint density at radius 3 is 2.53 bits per heavy atom. The first-order valence-corrected chi connectivity index (χ1v) is 11.1.